The SMILES string of the molecule is O=C(COc1ccccc1)Nc1ccc2c(c1)C(=O)N1CCCCC1CCO2. The van der Waals surface area contributed by atoms with Gasteiger partial charge in [0.25, 0.3) is 11.8 Å². The number of amides is 2. The van der Waals surface area contributed by atoms with Crippen LogP contribution in [0, 0.1) is 0 Å². The Hall–Kier alpha value is -3.02. The number of anilines is 1. The van der Waals surface area contributed by atoms with Crippen LogP contribution in [-0.2, 0) is 4.79 Å². The number of nitrogens with one attached hydrogen (secondary N) is 1. The minimum Gasteiger partial charge on any atom is -0.493 e. The molecule has 1 unspecified atom stereocenters. The molecule has 0 radical (unpaired) electrons. The number of ether oxygens (including phenoxy) is 2. The summed E-state index contributed by atoms with van der Waals surface area (Å²) in [6.45, 7) is 1.28. The molecule has 2 aromatic carbocycles. The predicted octanol–water partition coefficient (Wildman–Crippen LogP) is 3.48. The fraction of sp³-hybridized carbons (Fsp3) is 0.364. The van der Waals surface area contributed by atoms with Gasteiger partial charge in [0.2, 0.25) is 0 Å². The van der Waals surface area contributed by atoms with Gasteiger partial charge in [-0.1, -0.05) is 18.2 Å². The molecule has 0 aromatic heterocycles. The van der Waals surface area contributed by atoms with Crippen molar-refractivity contribution in [1.29, 1.82) is 0 Å². The lowest BCUT2D eigenvalue weighted by molar-refractivity contribution is -0.118. The zero-order valence-corrected chi connectivity index (χ0v) is 15.7. The number of benzene rings is 2. The molecule has 0 spiro atoms. The van der Waals surface area contributed by atoms with Gasteiger partial charge in [-0.05, 0) is 49.6 Å². The van der Waals surface area contributed by atoms with Crippen molar-refractivity contribution in [2.45, 2.75) is 31.7 Å². The van der Waals surface area contributed by atoms with Crippen LogP contribution in [0.2, 0.25) is 0 Å². The summed E-state index contributed by atoms with van der Waals surface area (Å²) in [7, 11) is 0. The van der Waals surface area contributed by atoms with Gasteiger partial charge < -0.3 is 19.7 Å². The van der Waals surface area contributed by atoms with Gasteiger partial charge in [0.1, 0.15) is 11.5 Å². The maximum Gasteiger partial charge on any atom is 0.262 e. The normalized spacial score (nSPS) is 18.8. The van der Waals surface area contributed by atoms with E-state index in [-0.39, 0.29) is 24.5 Å². The fourth-order valence-corrected chi connectivity index (χ4v) is 3.79. The first-order valence-electron chi connectivity index (χ1n) is 9.76. The van der Waals surface area contributed by atoms with Crippen LogP contribution in [0.25, 0.3) is 0 Å². The third-order valence-corrected chi connectivity index (χ3v) is 5.20. The minimum absolute atomic E-state index is 0.0176. The molecule has 2 heterocycles. The van der Waals surface area contributed by atoms with Gasteiger partial charge in [-0.3, -0.25) is 9.59 Å². The summed E-state index contributed by atoms with van der Waals surface area (Å²) in [5.41, 5.74) is 1.07. The fourth-order valence-electron chi connectivity index (χ4n) is 3.79. The maximum atomic E-state index is 13.1. The molecule has 2 aromatic rings. The van der Waals surface area contributed by atoms with Crippen molar-refractivity contribution in [1.82, 2.24) is 4.90 Å². The summed E-state index contributed by atoms with van der Waals surface area (Å²) in [5.74, 6) is 0.915. The van der Waals surface area contributed by atoms with Gasteiger partial charge in [0, 0.05) is 24.7 Å². The summed E-state index contributed by atoms with van der Waals surface area (Å²) in [4.78, 5) is 27.3. The lowest BCUT2D eigenvalue weighted by Crippen LogP contribution is -2.45. The van der Waals surface area contributed by atoms with Crippen molar-refractivity contribution in [3.63, 3.8) is 0 Å². The molecule has 28 heavy (non-hydrogen) atoms. The molecule has 1 N–H and O–H groups in total. The number of carbonyl (C=O) groups excluding carboxylic acids is 2. The van der Waals surface area contributed by atoms with Crippen molar-refractivity contribution < 1.29 is 19.1 Å². The third kappa shape index (κ3) is 4.11. The molecule has 6 heteroatoms. The Bertz CT molecular complexity index is 853. The average molecular weight is 380 g/mol. The number of fused-ring (bicyclic) bond motifs is 2. The summed E-state index contributed by atoms with van der Waals surface area (Å²) in [6.07, 6.45) is 4.07. The van der Waals surface area contributed by atoms with Crippen LogP contribution >= 0.6 is 0 Å². The van der Waals surface area contributed by atoms with Gasteiger partial charge in [0.05, 0.1) is 12.2 Å². The van der Waals surface area contributed by atoms with Gasteiger partial charge in [-0.2, -0.15) is 0 Å². The monoisotopic (exact) mass is 380 g/mol. The van der Waals surface area contributed by atoms with Crippen molar-refractivity contribution in [3.05, 3.63) is 54.1 Å². The van der Waals surface area contributed by atoms with Gasteiger partial charge in [-0.15, -0.1) is 0 Å². The largest absolute Gasteiger partial charge is 0.493 e. The summed E-state index contributed by atoms with van der Waals surface area (Å²) < 4.78 is 11.3. The number of piperidine rings is 1. The van der Waals surface area contributed by atoms with Crippen LogP contribution in [0.3, 0.4) is 0 Å². The van der Waals surface area contributed by atoms with E-state index in [9.17, 15) is 9.59 Å². The van der Waals surface area contributed by atoms with E-state index < -0.39 is 0 Å². The van der Waals surface area contributed by atoms with Crippen molar-refractivity contribution in [2.24, 2.45) is 0 Å². The van der Waals surface area contributed by atoms with Crippen molar-refractivity contribution >= 4 is 17.5 Å². The molecule has 0 aliphatic carbocycles. The first-order valence-corrected chi connectivity index (χ1v) is 9.76. The maximum absolute atomic E-state index is 13.1. The van der Waals surface area contributed by atoms with E-state index in [1.807, 2.05) is 23.1 Å². The number of para-hydroxylation sites is 1. The lowest BCUT2D eigenvalue weighted by Gasteiger charge is -2.37. The van der Waals surface area contributed by atoms with Crippen LogP contribution < -0.4 is 14.8 Å². The first-order chi connectivity index (χ1) is 13.7. The zero-order chi connectivity index (χ0) is 19.3. The van der Waals surface area contributed by atoms with Crippen LogP contribution in [0.4, 0.5) is 5.69 Å². The van der Waals surface area contributed by atoms with E-state index in [4.69, 9.17) is 9.47 Å². The molecule has 1 fully saturated rings. The van der Waals surface area contributed by atoms with E-state index in [0.29, 0.717) is 29.4 Å². The topological polar surface area (TPSA) is 67.9 Å². The molecule has 2 aliphatic heterocycles. The van der Waals surface area contributed by atoms with E-state index >= 15 is 0 Å². The second-order valence-electron chi connectivity index (χ2n) is 7.15. The molecule has 2 amide bonds. The summed E-state index contributed by atoms with van der Waals surface area (Å²) in [6, 6.07) is 14.6. The molecule has 1 saturated heterocycles. The van der Waals surface area contributed by atoms with E-state index in [1.165, 1.54) is 0 Å². The quantitative estimate of drug-likeness (QED) is 0.882. The lowest BCUT2D eigenvalue weighted by atomic mass is 9.97. The standard InChI is InChI=1S/C22H24N2O4/c25-21(15-28-18-7-2-1-3-8-18)23-16-9-10-20-19(14-16)22(26)24-12-5-4-6-17(24)11-13-27-20/h1-3,7-10,14,17H,4-6,11-13,15H2,(H,23,25). The Labute approximate surface area is 164 Å². The molecule has 0 saturated carbocycles. The first kappa shape index (κ1) is 18.3. The van der Waals surface area contributed by atoms with E-state index in [0.717, 1.165) is 32.2 Å². The second-order valence-corrected chi connectivity index (χ2v) is 7.15. The highest BCUT2D eigenvalue weighted by molar-refractivity contribution is 6.00. The molecule has 0 bridgehead atoms. The molecule has 1 atom stereocenters. The Kier molecular flexibility index (Phi) is 5.46. The van der Waals surface area contributed by atoms with Crippen LogP contribution in [-0.4, -0.2) is 42.5 Å². The summed E-state index contributed by atoms with van der Waals surface area (Å²) in [5, 5.41) is 2.80. The van der Waals surface area contributed by atoms with Gasteiger partial charge in [0.15, 0.2) is 6.61 Å². The molecular formula is C22H24N2O4. The molecule has 146 valence electrons. The van der Waals surface area contributed by atoms with Crippen molar-refractivity contribution in [3.8, 4) is 11.5 Å². The second kappa shape index (κ2) is 8.33. The Morgan fingerprint density at radius 2 is 2.00 bits per heavy atom. The third-order valence-electron chi connectivity index (χ3n) is 5.20. The number of nitrogens with zero attached hydrogens (tertiary/aromatic N) is 1. The number of rotatable bonds is 4. The van der Waals surface area contributed by atoms with Gasteiger partial charge in [-0.25, -0.2) is 0 Å². The van der Waals surface area contributed by atoms with Crippen molar-refractivity contribution in [2.75, 3.05) is 25.1 Å². The number of carbonyl (C=O) groups is 2. The molecule has 6 nitrogen and oxygen atoms in total. The zero-order valence-electron chi connectivity index (χ0n) is 15.7. The average Bonchev–Trinajstić information content (AvgIpc) is 2.73. The van der Waals surface area contributed by atoms with Gasteiger partial charge >= 0.3 is 0 Å². The Morgan fingerprint density at radius 3 is 2.86 bits per heavy atom. The minimum atomic E-state index is -0.279. The Morgan fingerprint density at radius 1 is 1.14 bits per heavy atom. The highest BCUT2D eigenvalue weighted by atomic mass is 16.5. The van der Waals surface area contributed by atoms with Crippen LogP contribution in [0.1, 0.15) is 36.0 Å². The molecule has 2 aliphatic rings. The van der Waals surface area contributed by atoms with E-state index in [1.54, 1.807) is 30.3 Å². The van der Waals surface area contributed by atoms with Crippen LogP contribution in [0.15, 0.2) is 48.5 Å². The van der Waals surface area contributed by atoms with E-state index in [2.05, 4.69) is 5.32 Å². The summed E-state index contributed by atoms with van der Waals surface area (Å²) >= 11 is 0. The highest BCUT2D eigenvalue weighted by Crippen LogP contribution is 2.30. The predicted molar refractivity (Wildman–Crippen MR) is 106 cm³/mol. The Balaban J connectivity index is 1.46. The van der Waals surface area contributed by atoms with Crippen LogP contribution in [0.5, 0.6) is 11.5 Å². The molecular weight excluding hydrogens is 356 g/mol. The number of hydrogen-bond acceptors (Lipinski definition) is 4. The molecule has 4 rings (SSSR count). The smallest absolute Gasteiger partial charge is 0.262 e. The highest BCUT2D eigenvalue weighted by Gasteiger charge is 2.31. The number of hydrogen-bond donors (Lipinski definition) is 1.